The Balaban J connectivity index is 2.03. The molecule has 1 atom stereocenters. The quantitative estimate of drug-likeness (QED) is 0.874. The summed E-state index contributed by atoms with van der Waals surface area (Å²) in [4.78, 5) is 15.6. The molecule has 0 spiro atoms. The molecule has 1 heterocycles. The summed E-state index contributed by atoms with van der Waals surface area (Å²) in [5, 5.41) is 8.74. The van der Waals surface area contributed by atoms with Crippen molar-refractivity contribution in [2.45, 2.75) is 31.8 Å². The molecule has 0 radical (unpaired) electrons. The molecule has 1 aromatic carbocycles. The van der Waals surface area contributed by atoms with Gasteiger partial charge >= 0.3 is 5.97 Å². The van der Waals surface area contributed by atoms with Crippen LogP contribution in [-0.2, 0) is 10.5 Å². The van der Waals surface area contributed by atoms with Crippen LogP contribution in [0.4, 0.5) is 0 Å². The first-order valence-corrected chi connectivity index (χ1v) is 7.88. The lowest BCUT2D eigenvalue weighted by molar-refractivity contribution is -0.137. The highest BCUT2D eigenvalue weighted by atomic mass is 32.2. The van der Waals surface area contributed by atoms with Crippen LogP contribution < -0.4 is 0 Å². The van der Waals surface area contributed by atoms with Gasteiger partial charge < -0.3 is 9.52 Å². The zero-order chi connectivity index (χ0) is 15.4. The van der Waals surface area contributed by atoms with E-state index in [1.165, 1.54) is 17.3 Å². The van der Waals surface area contributed by atoms with Crippen LogP contribution in [0.2, 0.25) is 0 Å². The molecule has 0 bridgehead atoms. The van der Waals surface area contributed by atoms with E-state index in [-0.39, 0.29) is 5.92 Å². The number of benzene rings is 1. The number of oxazole rings is 1. The van der Waals surface area contributed by atoms with Gasteiger partial charge in [-0.2, -0.15) is 0 Å². The van der Waals surface area contributed by atoms with Gasteiger partial charge in [-0.1, -0.05) is 31.5 Å². The number of aliphatic carboxylic acids is 1. The van der Waals surface area contributed by atoms with Gasteiger partial charge in [-0.15, -0.1) is 11.8 Å². The van der Waals surface area contributed by atoms with Crippen molar-refractivity contribution in [2.75, 3.05) is 0 Å². The van der Waals surface area contributed by atoms with E-state index in [4.69, 9.17) is 9.52 Å². The molecule has 112 valence electrons. The molecular formula is C16H19NO3S. The molecule has 21 heavy (non-hydrogen) atoms. The predicted octanol–water partition coefficient (Wildman–Crippen LogP) is 3.99. The minimum absolute atomic E-state index is 0.0796. The second-order valence-corrected chi connectivity index (χ2v) is 6.45. The van der Waals surface area contributed by atoms with E-state index >= 15 is 0 Å². The predicted molar refractivity (Wildman–Crippen MR) is 84.2 cm³/mol. The van der Waals surface area contributed by atoms with Crippen molar-refractivity contribution < 1.29 is 14.3 Å². The van der Waals surface area contributed by atoms with Crippen molar-refractivity contribution in [1.82, 2.24) is 4.98 Å². The normalized spacial score (nSPS) is 12.6. The average molecular weight is 305 g/mol. The number of aromatic nitrogens is 1. The second kappa shape index (κ2) is 6.80. The fourth-order valence-corrected chi connectivity index (χ4v) is 2.94. The highest BCUT2D eigenvalue weighted by Gasteiger charge is 2.22. The summed E-state index contributed by atoms with van der Waals surface area (Å²) in [5.41, 5.74) is 2.88. The summed E-state index contributed by atoms with van der Waals surface area (Å²) in [7, 11) is 0. The summed E-state index contributed by atoms with van der Waals surface area (Å²) in [6, 6.07) is 7.94. The molecular weight excluding hydrogens is 286 g/mol. The molecule has 0 aliphatic heterocycles. The van der Waals surface area contributed by atoms with Crippen molar-refractivity contribution >= 4 is 17.7 Å². The Labute approximate surface area is 128 Å². The molecule has 0 saturated carbocycles. The number of carbonyl (C=O) groups is 1. The number of nitrogens with zero attached hydrogens (tertiary/aromatic N) is 1. The fourth-order valence-electron chi connectivity index (χ4n) is 1.93. The third kappa shape index (κ3) is 4.11. The smallest absolute Gasteiger partial charge is 0.316 e. The van der Waals surface area contributed by atoms with Crippen LogP contribution in [0.25, 0.3) is 11.5 Å². The standard InChI is InChI=1S/C16H19NO3S/c1-10(2)14(16(18)19)21-9-13-8-20-15(17-13)12-6-4-11(3)5-7-12/h4-8,10,14H,9H2,1-3H3,(H,18,19). The van der Waals surface area contributed by atoms with E-state index in [9.17, 15) is 4.79 Å². The van der Waals surface area contributed by atoms with Crippen LogP contribution in [0.15, 0.2) is 34.9 Å². The molecule has 1 aromatic heterocycles. The molecule has 5 heteroatoms. The number of rotatable bonds is 6. The van der Waals surface area contributed by atoms with Gasteiger partial charge in [0.1, 0.15) is 11.5 Å². The van der Waals surface area contributed by atoms with E-state index < -0.39 is 11.2 Å². The van der Waals surface area contributed by atoms with Crippen LogP contribution in [0, 0.1) is 12.8 Å². The largest absolute Gasteiger partial charge is 0.480 e. The Bertz CT molecular complexity index is 604. The van der Waals surface area contributed by atoms with Gasteiger partial charge in [-0.3, -0.25) is 4.79 Å². The second-order valence-electron chi connectivity index (χ2n) is 5.32. The number of carboxylic acids is 1. The molecule has 2 rings (SSSR count). The molecule has 4 nitrogen and oxygen atoms in total. The number of aryl methyl sites for hydroxylation is 1. The maximum absolute atomic E-state index is 11.2. The van der Waals surface area contributed by atoms with Crippen LogP contribution >= 0.6 is 11.8 Å². The van der Waals surface area contributed by atoms with Gasteiger partial charge in [-0.25, -0.2) is 4.98 Å². The minimum Gasteiger partial charge on any atom is -0.480 e. The lowest BCUT2D eigenvalue weighted by Gasteiger charge is -2.14. The summed E-state index contributed by atoms with van der Waals surface area (Å²) >= 11 is 1.38. The molecule has 0 fully saturated rings. The van der Waals surface area contributed by atoms with Crippen molar-refractivity contribution in [3.63, 3.8) is 0 Å². The zero-order valence-electron chi connectivity index (χ0n) is 12.4. The van der Waals surface area contributed by atoms with Gasteiger partial charge in [0.2, 0.25) is 5.89 Å². The van der Waals surface area contributed by atoms with Crippen molar-refractivity contribution in [3.05, 3.63) is 41.8 Å². The molecule has 2 aromatic rings. The third-order valence-electron chi connectivity index (χ3n) is 3.11. The number of hydrogen-bond acceptors (Lipinski definition) is 4. The van der Waals surface area contributed by atoms with Crippen LogP contribution in [0.1, 0.15) is 25.1 Å². The Morgan fingerprint density at radius 2 is 2.00 bits per heavy atom. The average Bonchev–Trinajstić information content (AvgIpc) is 2.87. The Hall–Kier alpha value is -1.75. The van der Waals surface area contributed by atoms with Gasteiger partial charge in [0, 0.05) is 11.3 Å². The monoisotopic (exact) mass is 305 g/mol. The van der Waals surface area contributed by atoms with Crippen molar-refractivity contribution in [1.29, 1.82) is 0 Å². The van der Waals surface area contributed by atoms with E-state index in [0.717, 1.165) is 11.3 Å². The van der Waals surface area contributed by atoms with E-state index in [0.29, 0.717) is 11.6 Å². The lowest BCUT2D eigenvalue weighted by Crippen LogP contribution is -2.22. The number of hydrogen-bond donors (Lipinski definition) is 1. The lowest BCUT2D eigenvalue weighted by atomic mass is 10.1. The zero-order valence-corrected chi connectivity index (χ0v) is 13.2. The Kier molecular flexibility index (Phi) is 5.07. The molecule has 0 saturated heterocycles. The molecule has 0 amide bonds. The summed E-state index contributed by atoms with van der Waals surface area (Å²) in [6.07, 6.45) is 1.60. The first-order chi connectivity index (χ1) is 9.97. The Morgan fingerprint density at radius 1 is 1.33 bits per heavy atom. The highest BCUT2D eigenvalue weighted by molar-refractivity contribution is 7.99. The third-order valence-corrected chi connectivity index (χ3v) is 4.68. The summed E-state index contributed by atoms with van der Waals surface area (Å²) < 4.78 is 5.47. The van der Waals surface area contributed by atoms with Gasteiger partial charge in [0.05, 0.1) is 5.69 Å². The fraction of sp³-hybridized carbons (Fsp3) is 0.375. The van der Waals surface area contributed by atoms with E-state index in [1.54, 1.807) is 6.26 Å². The number of thioether (sulfide) groups is 1. The van der Waals surface area contributed by atoms with Crippen molar-refractivity contribution in [2.24, 2.45) is 5.92 Å². The maximum Gasteiger partial charge on any atom is 0.316 e. The van der Waals surface area contributed by atoms with Gasteiger partial charge in [0.15, 0.2) is 0 Å². The summed E-state index contributed by atoms with van der Waals surface area (Å²) in [5.74, 6) is 0.403. The molecule has 1 N–H and O–H groups in total. The first kappa shape index (κ1) is 15.6. The topological polar surface area (TPSA) is 63.3 Å². The van der Waals surface area contributed by atoms with Gasteiger partial charge in [-0.05, 0) is 25.0 Å². The van der Waals surface area contributed by atoms with Crippen LogP contribution in [-0.4, -0.2) is 21.3 Å². The highest BCUT2D eigenvalue weighted by Crippen LogP contribution is 2.26. The molecule has 0 aliphatic rings. The summed E-state index contributed by atoms with van der Waals surface area (Å²) in [6.45, 7) is 5.85. The SMILES string of the molecule is Cc1ccc(-c2nc(CSC(C(=O)O)C(C)C)co2)cc1. The van der Waals surface area contributed by atoms with E-state index in [2.05, 4.69) is 4.98 Å². The molecule has 0 aliphatic carbocycles. The molecule has 1 unspecified atom stereocenters. The van der Waals surface area contributed by atoms with Crippen molar-refractivity contribution in [3.8, 4) is 11.5 Å². The van der Waals surface area contributed by atoms with Crippen LogP contribution in [0.5, 0.6) is 0 Å². The Morgan fingerprint density at radius 3 is 2.57 bits per heavy atom. The van der Waals surface area contributed by atoms with Gasteiger partial charge in [0.25, 0.3) is 0 Å². The van der Waals surface area contributed by atoms with Crippen LogP contribution in [0.3, 0.4) is 0 Å². The maximum atomic E-state index is 11.2. The van der Waals surface area contributed by atoms with E-state index in [1.807, 2.05) is 45.0 Å². The number of carboxylic acid groups (broad SMARTS) is 1. The minimum atomic E-state index is -0.780. The first-order valence-electron chi connectivity index (χ1n) is 6.83.